The molecule has 0 saturated carbocycles. The van der Waals surface area contributed by atoms with Crippen LogP contribution in [0.15, 0.2) is 24.3 Å². The molecule has 0 heterocycles. The van der Waals surface area contributed by atoms with Crippen molar-refractivity contribution in [2.45, 2.75) is 13.0 Å². The van der Waals surface area contributed by atoms with E-state index in [1.165, 1.54) is 0 Å². The van der Waals surface area contributed by atoms with Crippen LogP contribution in [-0.4, -0.2) is 53.8 Å². The van der Waals surface area contributed by atoms with Crippen molar-refractivity contribution in [1.82, 2.24) is 5.32 Å². The minimum absolute atomic E-state index is 0.635. The van der Waals surface area contributed by atoms with Crippen LogP contribution < -0.4 is 10.1 Å². The first-order valence-corrected chi connectivity index (χ1v) is 7.35. The fourth-order valence-electron chi connectivity index (χ4n) is 1.78. The number of ether oxygens (including phenoxy) is 4. The van der Waals surface area contributed by atoms with Crippen LogP contribution >= 0.6 is 0 Å². The molecule has 1 rings (SSSR count). The van der Waals surface area contributed by atoms with Crippen LogP contribution in [0.2, 0.25) is 0 Å². The fraction of sp³-hybridized carbons (Fsp3) is 0.625. The summed E-state index contributed by atoms with van der Waals surface area (Å²) in [5.41, 5.74) is 1.16. The first-order chi connectivity index (χ1) is 10.4. The lowest BCUT2D eigenvalue weighted by molar-refractivity contribution is 0.0644. The van der Waals surface area contributed by atoms with Gasteiger partial charge in [0.1, 0.15) is 5.75 Å². The highest BCUT2D eigenvalue weighted by Gasteiger charge is 2.02. The van der Waals surface area contributed by atoms with Crippen molar-refractivity contribution < 1.29 is 18.9 Å². The van der Waals surface area contributed by atoms with Gasteiger partial charge in [0, 0.05) is 45.9 Å². The van der Waals surface area contributed by atoms with Crippen molar-refractivity contribution in [1.29, 1.82) is 0 Å². The molecule has 0 fully saturated rings. The third kappa shape index (κ3) is 8.67. The molecule has 0 aromatic heterocycles. The number of para-hydroxylation sites is 1. The van der Waals surface area contributed by atoms with Gasteiger partial charge in [-0.05, 0) is 6.07 Å². The van der Waals surface area contributed by atoms with Crippen molar-refractivity contribution in [3.63, 3.8) is 0 Å². The van der Waals surface area contributed by atoms with E-state index in [1.807, 2.05) is 18.2 Å². The summed E-state index contributed by atoms with van der Waals surface area (Å²) in [5.74, 6) is 0.930. The molecule has 0 radical (unpaired) electrons. The Balaban J connectivity index is 2.21. The van der Waals surface area contributed by atoms with Crippen LogP contribution in [0.3, 0.4) is 0 Å². The second kappa shape index (κ2) is 12.6. The zero-order chi connectivity index (χ0) is 15.2. The molecule has 5 nitrogen and oxygen atoms in total. The molecule has 0 aliphatic heterocycles. The molecule has 0 unspecified atom stereocenters. The van der Waals surface area contributed by atoms with Gasteiger partial charge in [-0.25, -0.2) is 0 Å². The highest BCUT2D eigenvalue weighted by Crippen LogP contribution is 2.17. The van der Waals surface area contributed by atoms with Gasteiger partial charge in [0.15, 0.2) is 0 Å². The molecule has 21 heavy (non-hydrogen) atoms. The average Bonchev–Trinajstić information content (AvgIpc) is 2.52. The van der Waals surface area contributed by atoms with Gasteiger partial charge in [-0.1, -0.05) is 18.2 Å². The second-order valence-corrected chi connectivity index (χ2v) is 4.58. The number of benzene rings is 1. The van der Waals surface area contributed by atoms with E-state index in [0.29, 0.717) is 33.0 Å². The maximum atomic E-state index is 5.82. The van der Waals surface area contributed by atoms with Gasteiger partial charge >= 0.3 is 0 Å². The van der Waals surface area contributed by atoms with Crippen molar-refractivity contribution in [2.24, 2.45) is 0 Å². The smallest absolute Gasteiger partial charge is 0.123 e. The normalized spacial score (nSPS) is 10.8. The number of nitrogens with one attached hydrogen (secondary N) is 1. The molecule has 1 aromatic rings. The largest absolute Gasteiger partial charge is 0.493 e. The van der Waals surface area contributed by atoms with Gasteiger partial charge in [0.2, 0.25) is 0 Å². The summed E-state index contributed by atoms with van der Waals surface area (Å²) in [6, 6.07) is 8.08. The highest BCUT2D eigenvalue weighted by molar-refractivity contribution is 5.33. The Labute approximate surface area is 127 Å². The number of hydrogen-bond acceptors (Lipinski definition) is 5. The Morgan fingerprint density at radius 1 is 0.905 bits per heavy atom. The third-order valence-electron chi connectivity index (χ3n) is 2.89. The van der Waals surface area contributed by atoms with Crippen molar-refractivity contribution in [3.05, 3.63) is 29.8 Å². The molecule has 1 aromatic carbocycles. The van der Waals surface area contributed by atoms with E-state index in [-0.39, 0.29) is 0 Å². The van der Waals surface area contributed by atoms with Crippen molar-refractivity contribution >= 4 is 0 Å². The first kappa shape index (κ1) is 17.9. The molecule has 0 atom stereocenters. The average molecular weight is 297 g/mol. The Morgan fingerprint density at radius 2 is 1.71 bits per heavy atom. The topological polar surface area (TPSA) is 49.0 Å². The molecule has 0 aliphatic rings. The van der Waals surface area contributed by atoms with E-state index >= 15 is 0 Å². The quantitative estimate of drug-likeness (QED) is 0.563. The Kier molecular flexibility index (Phi) is 10.7. The molecule has 120 valence electrons. The Morgan fingerprint density at radius 3 is 2.52 bits per heavy atom. The van der Waals surface area contributed by atoms with Crippen molar-refractivity contribution in [3.8, 4) is 5.75 Å². The molecular formula is C16H27NO4. The maximum Gasteiger partial charge on any atom is 0.123 e. The monoisotopic (exact) mass is 297 g/mol. The molecule has 1 N–H and O–H groups in total. The highest BCUT2D eigenvalue weighted by atomic mass is 16.5. The minimum Gasteiger partial charge on any atom is -0.493 e. The lowest BCUT2D eigenvalue weighted by atomic mass is 10.2. The maximum absolute atomic E-state index is 5.82. The molecule has 0 spiro atoms. The standard InChI is InChI=1S/C16H27NO4/c1-18-11-8-17-14-15-6-3-4-7-16(15)21-10-5-9-20-13-12-19-2/h3-4,6-7,17H,5,8-14H2,1-2H3. The number of methoxy groups -OCH3 is 2. The van der Waals surface area contributed by atoms with Crippen LogP contribution in [-0.2, 0) is 20.8 Å². The predicted octanol–water partition coefficient (Wildman–Crippen LogP) is 1.85. The summed E-state index contributed by atoms with van der Waals surface area (Å²) >= 11 is 0. The zero-order valence-corrected chi connectivity index (χ0v) is 13.1. The molecule has 0 amide bonds. The molecule has 0 aliphatic carbocycles. The Hall–Kier alpha value is -1.14. The summed E-state index contributed by atoms with van der Waals surface area (Å²) in [4.78, 5) is 0. The van der Waals surface area contributed by atoms with Gasteiger partial charge in [-0.2, -0.15) is 0 Å². The van der Waals surface area contributed by atoms with E-state index in [2.05, 4.69) is 11.4 Å². The fourth-order valence-corrected chi connectivity index (χ4v) is 1.78. The van der Waals surface area contributed by atoms with Gasteiger partial charge in [0.25, 0.3) is 0 Å². The molecular weight excluding hydrogens is 270 g/mol. The van der Waals surface area contributed by atoms with Crippen molar-refractivity contribution in [2.75, 3.05) is 53.8 Å². The van der Waals surface area contributed by atoms with Crippen LogP contribution in [0.25, 0.3) is 0 Å². The van der Waals surface area contributed by atoms with Crippen LogP contribution in [0.4, 0.5) is 0 Å². The lowest BCUT2D eigenvalue weighted by Crippen LogP contribution is -2.19. The SMILES string of the molecule is COCCNCc1ccccc1OCCCOCCOC. The molecule has 0 bridgehead atoms. The first-order valence-electron chi connectivity index (χ1n) is 7.35. The number of rotatable bonds is 13. The summed E-state index contributed by atoms with van der Waals surface area (Å²) in [6.45, 7) is 4.94. The van der Waals surface area contributed by atoms with Gasteiger partial charge < -0.3 is 24.3 Å². The van der Waals surface area contributed by atoms with Crippen LogP contribution in [0.5, 0.6) is 5.75 Å². The second-order valence-electron chi connectivity index (χ2n) is 4.58. The Bertz CT molecular complexity index is 360. The van der Waals surface area contributed by atoms with E-state index in [9.17, 15) is 0 Å². The van der Waals surface area contributed by atoms with Crippen LogP contribution in [0, 0.1) is 0 Å². The minimum atomic E-state index is 0.635. The van der Waals surface area contributed by atoms with Crippen LogP contribution in [0.1, 0.15) is 12.0 Å². The zero-order valence-electron chi connectivity index (χ0n) is 13.1. The predicted molar refractivity (Wildman–Crippen MR) is 82.8 cm³/mol. The van der Waals surface area contributed by atoms with Gasteiger partial charge in [-0.15, -0.1) is 0 Å². The van der Waals surface area contributed by atoms with E-state index in [1.54, 1.807) is 14.2 Å². The molecule has 0 saturated heterocycles. The van der Waals surface area contributed by atoms with E-state index in [0.717, 1.165) is 30.8 Å². The van der Waals surface area contributed by atoms with E-state index < -0.39 is 0 Å². The molecule has 5 heteroatoms. The third-order valence-corrected chi connectivity index (χ3v) is 2.89. The van der Waals surface area contributed by atoms with Gasteiger partial charge in [-0.3, -0.25) is 0 Å². The summed E-state index contributed by atoms with van der Waals surface area (Å²) in [5, 5.41) is 3.32. The van der Waals surface area contributed by atoms with E-state index in [4.69, 9.17) is 18.9 Å². The summed E-state index contributed by atoms with van der Waals surface area (Å²) in [7, 11) is 3.37. The van der Waals surface area contributed by atoms with Gasteiger partial charge in [0.05, 0.1) is 26.4 Å². The summed E-state index contributed by atoms with van der Waals surface area (Å²) in [6.07, 6.45) is 0.870. The number of hydrogen-bond donors (Lipinski definition) is 1. The summed E-state index contributed by atoms with van der Waals surface area (Å²) < 4.78 is 21.2. The lowest BCUT2D eigenvalue weighted by Gasteiger charge is -2.12.